The minimum absolute atomic E-state index is 0.499. The molecule has 1 aromatic rings. The van der Waals surface area contributed by atoms with Crippen molar-refractivity contribution in [1.29, 1.82) is 0 Å². The number of aryl methyl sites for hydroxylation is 1. The lowest BCUT2D eigenvalue weighted by atomic mass is 9.87. The molecule has 3 heteroatoms. The zero-order chi connectivity index (χ0) is 13.0. The molecule has 2 nitrogen and oxygen atoms in total. The van der Waals surface area contributed by atoms with Crippen molar-refractivity contribution in [3.8, 4) is 5.75 Å². The van der Waals surface area contributed by atoms with Gasteiger partial charge in [-0.15, -0.1) is 0 Å². The van der Waals surface area contributed by atoms with E-state index >= 15 is 0 Å². The van der Waals surface area contributed by atoms with E-state index in [1.807, 2.05) is 11.8 Å². The van der Waals surface area contributed by atoms with Gasteiger partial charge in [0.2, 0.25) is 0 Å². The van der Waals surface area contributed by atoms with Crippen LogP contribution in [0.5, 0.6) is 5.75 Å². The molecule has 18 heavy (non-hydrogen) atoms. The summed E-state index contributed by atoms with van der Waals surface area (Å²) in [5, 5.41) is 4.37. The van der Waals surface area contributed by atoms with E-state index in [4.69, 9.17) is 4.74 Å². The SMILES string of the molecule is COc1ccc2c(c1)C(NCC(C)SC)CCC2. The van der Waals surface area contributed by atoms with Gasteiger partial charge in [0.1, 0.15) is 5.75 Å². The van der Waals surface area contributed by atoms with Gasteiger partial charge in [-0.25, -0.2) is 0 Å². The highest BCUT2D eigenvalue weighted by atomic mass is 32.2. The molecule has 1 N–H and O–H groups in total. The van der Waals surface area contributed by atoms with Crippen LogP contribution < -0.4 is 10.1 Å². The molecule has 1 aliphatic carbocycles. The van der Waals surface area contributed by atoms with Crippen molar-refractivity contribution in [3.05, 3.63) is 29.3 Å². The third-order valence-electron chi connectivity index (χ3n) is 3.72. The van der Waals surface area contributed by atoms with Gasteiger partial charge in [-0.05, 0) is 48.8 Å². The van der Waals surface area contributed by atoms with Crippen LogP contribution in [0.15, 0.2) is 18.2 Å². The second kappa shape index (κ2) is 6.48. The number of hydrogen-bond donors (Lipinski definition) is 1. The molecule has 0 heterocycles. The molecule has 100 valence electrons. The number of nitrogens with one attached hydrogen (secondary N) is 1. The van der Waals surface area contributed by atoms with E-state index in [1.54, 1.807) is 7.11 Å². The quantitative estimate of drug-likeness (QED) is 0.881. The van der Waals surface area contributed by atoms with Crippen molar-refractivity contribution in [2.24, 2.45) is 0 Å². The lowest BCUT2D eigenvalue weighted by molar-refractivity contribution is 0.409. The highest BCUT2D eigenvalue weighted by Crippen LogP contribution is 2.32. The van der Waals surface area contributed by atoms with E-state index in [1.165, 1.54) is 30.4 Å². The van der Waals surface area contributed by atoms with Crippen LogP contribution in [0.25, 0.3) is 0 Å². The van der Waals surface area contributed by atoms with Crippen LogP contribution in [0.2, 0.25) is 0 Å². The Morgan fingerprint density at radius 1 is 1.50 bits per heavy atom. The number of rotatable bonds is 5. The second-order valence-electron chi connectivity index (χ2n) is 4.96. The molecule has 0 saturated carbocycles. The molecule has 0 spiro atoms. The van der Waals surface area contributed by atoms with Crippen molar-refractivity contribution in [2.75, 3.05) is 19.9 Å². The maximum Gasteiger partial charge on any atom is 0.119 e. The first kappa shape index (κ1) is 13.8. The fourth-order valence-electron chi connectivity index (χ4n) is 2.51. The molecule has 0 amide bonds. The zero-order valence-corrected chi connectivity index (χ0v) is 12.3. The summed E-state index contributed by atoms with van der Waals surface area (Å²) in [5.74, 6) is 0.973. The van der Waals surface area contributed by atoms with Crippen molar-refractivity contribution in [1.82, 2.24) is 5.32 Å². The lowest BCUT2D eigenvalue weighted by Gasteiger charge is -2.28. The maximum atomic E-state index is 5.34. The zero-order valence-electron chi connectivity index (χ0n) is 11.5. The standard InChI is InChI=1S/C15H23NOS/c1-11(18-3)10-16-15-6-4-5-12-7-8-13(17-2)9-14(12)15/h7-9,11,15-16H,4-6,10H2,1-3H3. The molecule has 1 aromatic carbocycles. The van der Waals surface area contributed by atoms with Gasteiger partial charge in [0.25, 0.3) is 0 Å². The third kappa shape index (κ3) is 3.21. The minimum Gasteiger partial charge on any atom is -0.497 e. The van der Waals surface area contributed by atoms with E-state index in [-0.39, 0.29) is 0 Å². The van der Waals surface area contributed by atoms with Gasteiger partial charge < -0.3 is 10.1 Å². The molecule has 0 saturated heterocycles. The van der Waals surface area contributed by atoms with Crippen LogP contribution in [0.3, 0.4) is 0 Å². The monoisotopic (exact) mass is 265 g/mol. The summed E-state index contributed by atoms with van der Waals surface area (Å²) in [5.41, 5.74) is 2.92. The van der Waals surface area contributed by atoms with Crippen molar-refractivity contribution >= 4 is 11.8 Å². The predicted octanol–water partition coefficient (Wildman–Crippen LogP) is 3.41. The van der Waals surface area contributed by atoms with E-state index in [2.05, 4.69) is 36.7 Å². The average molecular weight is 265 g/mol. The Labute approximate surface area is 114 Å². The van der Waals surface area contributed by atoms with E-state index < -0.39 is 0 Å². The first-order chi connectivity index (χ1) is 8.74. The topological polar surface area (TPSA) is 21.3 Å². The van der Waals surface area contributed by atoms with Gasteiger partial charge in [0, 0.05) is 17.8 Å². The molecule has 0 radical (unpaired) electrons. The Bertz CT molecular complexity index is 394. The first-order valence-electron chi connectivity index (χ1n) is 6.67. The van der Waals surface area contributed by atoms with Crippen LogP contribution in [0.4, 0.5) is 0 Å². The van der Waals surface area contributed by atoms with Gasteiger partial charge in [0.15, 0.2) is 0 Å². The molecule has 0 aromatic heterocycles. The fraction of sp³-hybridized carbons (Fsp3) is 0.600. The Morgan fingerprint density at radius 2 is 2.33 bits per heavy atom. The van der Waals surface area contributed by atoms with E-state index in [9.17, 15) is 0 Å². The summed E-state index contributed by atoms with van der Waals surface area (Å²) in [6.07, 6.45) is 5.89. The molecule has 2 rings (SSSR count). The molecular weight excluding hydrogens is 242 g/mol. The number of thioether (sulfide) groups is 1. The molecule has 0 aliphatic heterocycles. The molecule has 0 bridgehead atoms. The largest absolute Gasteiger partial charge is 0.497 e. The van der Waals surface area contributed by atoms with Crippen molar-refractivity contribution in [2.45, 2.75) is 37.5 Å². The number of ether oxygens (including phenoxy) is 1. The third-order valence-corrected chi connectivity index (χ3v) is 4.69. The maximum absolute atomic E-state index is 5.34. The summed E-state index contributed by atoms with van der Waals surface area (Å²) in [6, 6.07) is 7.00. The Hall–Kier alpha value is -0.670. The van der Waals surface area contributed by atoms with Gasteiger partial charge in [-0.2, -0.15) is 11.8 Å². The van der Waals surface area contributed by atoms with Gasteiger partial charge in [-0.1, -0.05) is 13.0 Å². The first-order valence-corrected chi connectivity index (χ1v) is 7.96. The van der Waals surface area contributed by atoms with Crippen LogP contribution >= 0.6 is 11.8 Å². The van der Waals surface area contributed by atoms with Crippen molar-refractivity contribution in [3.63, 3.8) is 0 Å². The van der Waals surface area contributed by atoms with Crippen molar-refractivity contribution < 1.29 is 4.74 Å². The van der Waals surface area contributed by atoms with Gasteiger partial charge in [-0.3, -0.25) is 0 Å². The van der Waals surface area contributed by atoms with Gasteiger partial charge >= 0.3 is 0 Å². The number of methoxy groups -OCH3 is 1. The summed E-state index contributed by atoms with van der Waals surface area (Å²) in [7, 11) is 1.74. The normalized spacial score (nSPS) is 20.3. The summed E-state index contributed by atoms with van der Waals surface area (Å²) in [6.45, 7) is 3.34. The number of fused-ring (bicyclic) bond motifs is 1. The molecule has 0 fully saturated rings. The smallest absolute Gasteiger partial charge is 0.119 e. The van der Waals surface area contributed by atoms with Crippen LogP contribution in [0, 0.1) is 0 Å². The van der Waals surface area contributed by atoms with Gasteiger partial charge in [0.05, 0.1) is 7.11 Å². The number of benzene rings is 1. The lowest BCUT2D eigenvalue weighted by Crippen LogP contribution is -2.30. The van der Waals surface area contributed by atoms with E-state index in [0.29, 0.717) is 11.3 Å². The molecule has 2 unspecified atom stereocenters. The molecular formula is C15H23NOS. The highest BCUT2D eigenvalue weighted by Gasteiger charge is 2.20. The second-order valence-corrected chi connectivity index (χ2v) is 6.24. The van der Waals surface area contributed by atoms with Crippen LogP contribution in [-0.4, -0.2) is 25.2 Å². The summed E-state index contributed by atoms with van der Waals surface area (Å²) < 4.78 is 5.34. The summed E-state index contributed by atoms with van der Waals surface area (Å²) >= 11 is 1.92. The Kier molecular flexibility index (Phi) is 4.95. The predicted molar refractivity (Wildman–Crippen MR) is 79.7 cm³/mol. The summed E-state index contributed by atoms with van der Waals surface area (Å²) in [4.78, 5) is 0. The minimum atomic E-state index is 0.499. The highest BCUT2D eigenvalue weighted by molar-refractivity contribution is 7.99. The average Bonchev–Trinajstić information content (AvgIpc) is 2.43. The Morgan fingerprint density at radius 3 is 3.06 bits per heavy atom. The molecule has 1 aliphatic rings. The van der Waals surface area contributed by atoms with E-state index in [0.717, 1.165) is 12.3 Å². The molecule has 2 atom stereocenters. The number of hydrogen-bond acceptors (Lipinski definition) is 3. The van der Waals surface area contributed by atoms with Crippen LogP contribution in [0.1, 0.15) is 36.9 Å². The fourth-order valence-corrected chi connectivity index (χ4v) is 2.77. The van der Waals surface area contributed by atoms with Crippen LogP contribution in [-0.2, 0) is 6.42 Å². The Balaban J connectivity index is 2.10.